The van der Waals surface area contributed by atoms with Crippen molar-refractivity contribution >= 4 is 57.1 Å². The number of nitrogens with zero attached hydrogens (tertiary/aromatic N) is 5. The fourth-order valence-corrected chi connectivity index (χ4v) is 10.0. The van der Waals surface area contributed by atoms with Gasteiger partial charge in [-0.15, -0.1) is 0 Å². The molecule has 0 unspecified atom stereocenters. The average molecular weight is 955 g/mol. The molecule has 1 saturated carbocycles. The fraction of sp³-hybridized carbons (Fsp3) is 0.667. The fourth-order valence-electron chi connectivity index (χ4n) is 8.41. The third-order valence-electron chi connectivity index (χ3n) is 11.8. The van der Waals surface area contributed by atoms with Gasteiger partial charge in [-0.05, 0) is 104 Å². The molecular formula is C45H68ClF2N8O8S+. The zero-order valence-corrected chi connectivity index (χ0v) is 40.6. The lowest BCUT2D eigenvalue weighted by molar-refractivity contribution is -0.890. The average Bonchev–Trinajstić information content (AvgIpc) is 3.58. The van der Waals surface area contributed by atoms with E-state index in [1.54, 1.807) is 37.8 Å². The summed E-state index contributed by atoms with van der Waals surface area (Å²) >= 11 is 6.33. The van der Waals surface area contributed by atoms with Gasteiger partial charge >= 0.3 is 12.2 Å². The molecule has 2 aliphatic heterocycles. The molecule has 3 N–H and O–H groups in total. The standard InChI is InChI=1S/C45H67ClF2N8O8S/c1-43(2,3)63-41(59)50-20-10-26-56(7,8)25-9-19-49-40(58)31-11-13-32(14-12-31)45(47,48)33-27-37(46)52-38(28-33)53-21-23-54(24-22-53)65(61,62)36-17-15-35(16-18-36)55-30-34(29-39(55)57)51-42(60)64-44(4,5)6/h15-18,27-28,31-32,34H,9-14,19-26,29-30H2,1-8H3,(H2-,49,50,51,58,59,60)/p+1/t31?,32?,34-/m1/s1. The number of rotatable bonds is 16. The Bertz CT molecular complexity index is 2100. The van der Waals surface area contributed by atoms with E-state index in [0.29, 0.717) is 36.1 Å². The number of hydrogen-bond acceptors (Lipinski definition) is 10. The van der Waals surface area contributed by atoms with Gasteiger partial charge in [0.1, 0.15) is 22.2 Å². The monoisotopic (exact) mass is 953 g/mol. The highest BCUT2D eigenvalue weighted by Crippen LogP contribution is 2.46. The van der Waals surface area contributed by atoms with Gasteiger partial charge in [0, 0.05) is 88.2 Å². The number of aromatic nitrogens is 1. The van der Waals surface area contributed by atoms with E-state index < -0.39 is 51.3 Å². The van der Waals surface area contributed by atoms with Gasteiger partial charge in [-0.25, -0.2) is 31.8 Å². The summed E-state index contributed by atoms with van der Waals surface area (Å²) in [5, 5.41) is 8.39. The van der Waals surface area contributed by atoms with E-state index in [1.165, 1.54) is 33.5 Å². The SMILES string of the molecule is CC(C)(C)OC(=O)NCCC[N+](C)(C)CCCNC(=O)C1CCC(C(F)(F)c2cc(Cl)nc(N3CCN(S(=O)(=O)c4ccc(N5C[C@H](NC(=O)OC(C)(C)C)CC5=O)cc4)CC3)c2)CC1. The molecule has 2 saturated heterocycles. The number of pyridine rings is 1. The van der Waals surface area contributed by atoms with E-state index in [2.05, 4.69) is 35.0 Å². The van der Waals surface area contributed by atoms with Gasteiger partial charge in [0.15, 0.2) is 0 Å². The molecule has 0 radical (unpaired) electrons. The number of carbonyl (C=O) groups excluding carboxylic acids is 4. The van der Waals surface area contributed by atoms with Gasteiger partial charge in [0.25, 0.3) is 5.92 Å². The largest absolute Gasteiger partial charge is 0.444 e. The van der Waals surface area contributed by atoms with E-state index in [9.17, 15) is 27.6 Å². The summed E-state index contributed by atoms with van der Waals surface area (Å²) in [6, 6.07) is 8.03. The summed E-state index contributed by atoms with van der Waals surface area (Å²) < 4.78 is 72.3. The second-order valence-corrected chi connectivity index (χ2v) is 22.3. The summed E-state index contributed by atoms with van der Waals surface area (Å²) in [6.07, 6.45) is 1.55. The number of amides is 4. The number of benzene rings is 1. The van der Waals surface area contributed by atoms with Crippen LogP contribution >= 0.6 is 11.6 Å². The van der Waals surface area contributed by atoms with Crippen LogP contribution in [0.4, 0.5) is 29.9 Å². The Balaban J connectivity index is 1.06. The van der Waals surface area contributed by atoms with Gasteiger partial charge in [-0.2, -0.15) is 4.31 Å². The minimum absolute atomic E-state index is 0.0396. The van der Waals surface area contributed by atoms with Gasteiger partial charge in [0.2, 0.25) is 21.8 Å². The summed E-state index contributed by atoms with van der Waals surface area (Å²) in [6.45, 7) is 14.0. The van der Waals surface area contributed by atoms with E-state index in [0.717, 1.165) is 25.9 Å². The summed E-state index contributed by atoms with van der Waals surface area (Å²) in [5.41, 5.74) is -1.01. The van der Waals surface area contributed by atoms with Gasteiger partial charge in [-0.1, -0.05) is 11.6 Å². The number of ether oxygens (including phenoxy) is 2. The van der Waals surface area contributed by atoms with E-state index >= 15 is 8.78 Å². The minimum Gasteiger partial charge on any atom is -0.444 e. The van der Waals surface area contributed by atoms with Crippen molar-refractivity contribution in [2.75, 3.05) is 82.8 Å². The number of sulfonamides is 1. The number of halogens is 3. The number of alkyl halides is 2. The number of anilines is 2. The molecular weight excluding hydrogens is 886 g/mol. The van der Waals surface area contributed by atoms with Crippen molar-refractivity contribution < 1.29 is 50.3 Å². The van der Waals surface area contributed by atoms with E-state index in [4.69, 9.17) is 21.1 Å². The number of nitrogens with one attached hydrogen (secondary N) is 3. The number of piperazine rings is 1. The van der Waals surface area contributed by atoms with Gasteiger partial charge in [0.05, 0.1) is 38.1 Å². The molecule has 3 heterocycles. The van der Waals surface area contributed by atoms with Crippen LogP contribution in [0.1, 0.15) is 92.1 Å². The Morgan fingerprint density at radius 1 is 0.846 bits per heavy atom. The lowest BCUT2D eigenvalue weighted by atomic mass is 9.77. The molecule has 0 spiro atoms. The lowest BCUT2D eigenvalue weighted by Gasteiger charge is -2.36. The maximum absolute atomic E-state index is 16.2. The predicted molar refractivity (Wildman–Crippen MR) is 244 cm³/mol. The minimum atomic E-state index is -3.93. The zero-order chi connectivity index (χ0) is 48.0. The van der Waals surface area contributed by atoms with Crippen LogP contribution in [0.5, 0.6) is 0 Å². The third-order valence-corrected chi connectivity index (χ3v) is 13.9. The van der Waals surface area contributed by atoms with Crippen LogP contribution in [0.3, 0.4) is 0 Å². The molecule has 0 bridgehead atoms. The predicted octanol–water partition coefficient (Wildman–Crippen LogP) is 6.27. The first-order valence-corrected chi connectivity index (χ1v) is 24.3. The quantitative estimate of drug-likeness (QED) is 0.0987. The molecule has 1 aromatic heterocycles. The Labute approximate surface area is 387 Å². The molecule has 362 valence electrons. The van der Waals surface area contributed by atoms with Gasteiger partial charge in [-0.3, -0.25) is 9.59 Å². The zero-order valence-electron chi connectivity index (χ0n) is 39.1. The molecule has 16 nitrogen and oxygen atoms in total. The lowest BCUT2D eigenvalue weighted by Crippen LogP contribution is -2.49. The Morgan fingerprint density at radius 2 is 1.42 bits per heavy atom. The molecule has 3 fully saturated rings. The maximum atomic E-state index is 16.2. The number of carbonyl (C=O) groups is 4. The van der Waals surface area contributed by atoms with Crippen LogP contribution in [0.25, 0.3) is 0 Å². The molecule has 65 heavy (non-hydrogen) atoms. The maximum Gasteiger partial charge on any atom is 0.407 e. The molecule has 20 heteroatoms. The topological polar surface area (TPSA) is 180 Å². The molecule has 1 aromatic carbocycles. The first-order valence-electron chi connectivity index (χ1n) is 22.5. The van der Waals surface area contributed by atoms with Crippen molar-refractivity contribution in [3.8, 4) is 0 Å². The van der Waals surface area contributed by atoms with Crippen molar-refractivity contribution in [2.45, 2.75) is 115 Å². The van der Waals surface area contributed by atoms with Crippen LogP contribution < -0.4 is 25.8 Å². The van der Waals surface area contributed by atoms with Crippen LogP contribution in [0.2, 0.25) is 5.15 Å². The molecule has 1 aliphatic carbocycles. The Kier molecular flexibility index (Phi) is 16.8. The molecule has 4 amide bonds. The third kappa shape index (κ3) is 14.8. The summed E-state index contributed by atoms with van der Waals surface area (Å²) in [4.78, 5) is 57.5. The van der Waals surface area contributed by atoms with Crippen LogP contribution in [-0.4, -0.2) is 136 Å². The van der Waals surface area contributed by atoms with E-state index in [1.807, 2.05) is 20.8 Å². The Morgan fingerprint density at radius 3 is 2.00 bits per heavy atom. The number of hydrogen-bond donors (Lipinski definition) is 3. The van der Waals surface area contributed by atoms with Crippen LogP contribution in [0, 0.1) is 11.8 Å². The van der Waals surface area contributed by atoms with Gasteiger partial charge < -0.3 is 39.7 Å². The first kappa shape index (κ1) is 51.7. The van der Waals surface area contributed by atoms with Crippen molar-refractivity contribution in [3.05, 3.63) is 47.1 Å². The van der Waals surface area contributed by atoms with Crippen molar-refractivity contribution in [1.29, 1.82) is 0 Å². The highest BCUT2D eigenvalue weighted by atomic mass is 35.5. The normalized spacial score (nSPS) is 20.4. The highest BCUT2D eigenvalue weighted by Gasteiger charge is 2.45. The first-order chi connectivity index (χ1) is 30.2. The molecule has 5 rings (SSSR count). The number of quaternary nitrogens is 1. The molecule has 2 aromatic rings. The van der Waals surface area contributed by atoms with Crippen molar-refractivity contribution in [3.63, 3.8) is 0 Å². The molecule has 1 atom stereocenters. The highest BCUT2D eigenvalue weighted by molar-refractivity contribution is 7.89. The van der Waals surface area contributed by atoms with Crippen LogP contribution in [-0.2, 0) is 35.0 Å². The smallest absolute Gasteiger partial charge is 0.407 e. The Hall–Kier alpha value is -4.33. The van der Waals surface area contributed by atoms with Crippen LogP contribution in [0.15, 0.2) is 41.3 Å². The molecule has 3 aliphatic rings. The second kappa shape index (κ2) is 21.1. The van der Waals surface area contributed by atoms with Crippen molar-refractivity contribution in [2.24, 2.45) is 11.8 Å². The van der Waals surface area contributed by atoms with Crippen molar-refractivity contribution in [1.82, 2.24) is 25.2 Å². The summed E-state index contributed by atoms with van der Waals surface area (Å²) in [5.74, 6) is -4.68. The second-order valence-electron chi connectivity index (χ2n) is 20.0. The summed E-state index contributed by atoms with van der Waals surface area (Å²) in [7, 11) is 0.259. The van der Waals surface area contributed by atoms with E-state index in [-0.39, 0.29) is 91.1 Å². The number of alkyl carbamates (subject to hydrolysis) is 2.